The first kappa shape index (κ1) is 12.6. The molecule has 0 radical (unpaired) electrons. The lowest BCUT2D eigenvalue weighted by molar-refractivity contribution is -0.141. The smallest absolute Gasteiger partial charge is 0.326 e. The summed E-state index contributed by atoms with van der Waals surface area (Å²) in [5, 5.41) is 13.1. The Morgan fingerprint density at radius 2 is 2.17 bits per heavy atom. The van der Waals surface area contributed by atoms with Crippen molar-refractivity contribution in [1.82, 2.24) is 14.7 Å². The van der Waals surface area contributed by atoms with E-state index >= 15 is 0 Å². The summed E-state index contributed by atoms with van der Waals surface area (Å²) in [6, 6.07) is 0.911. The molecular formula is C12H17N3O3. The Morgan fingerprint density at radius 3 is 2.67 bits per heavy atom. The molecule has 1 amide bonds. The molecule has 1 aromatic rings. The summed E-state index contributed by atoms with van der Waals surface area (Å²) < 4.78 is 1.71. The van der Waals surface area contributed by atoms with Crippen molar-refractivity contribution in [2.45, 2.75) is 31.7 Å². The summed E-state index contributed by atoms with van der Waals surface area (Å²) in [7, 11) is 3.29. The number of aromatic nitrogens is 2. The molecule has 98 valence electrons. The van der Waals surface area contributed by atoms with Crippen molar-refractivity contribution in [2.24, 2.45) is 7.05 Å². The highest BCUT2D eigenvalue weighted by atomic mass is 16.4. The van der Waals surface area contributed by atoms with E-state index in [-0.39, 0.29) is 5.91 Å². The van der Waals surface area contributed by atoms with E-state index in [1.54, 1.807) is 10.7 Å². The summed E-state index contributed by atoms with van der Waals surface area (Å²) in [4.78, 5) is 24.1. The zero-order valence-corrected chi connectivity index (χ0v) is 10.8. The van der Waals surface area contributed by atoms with E-state index < -0.39 is 12.0 Å². The van der Waals surface area contributed by atoms with Gasteiger partial charge in [0.25, 0.3) is 5.91 Å². The van der Waals surface area contributed by atoms with Crippen LogP contribution in [0.3, 0.4) is 0 Å². The van der Waals surface area contributed by atoms with E-state index in [2.05, 4.69) is 5.10 Å². The zero-order chi connectivity index (χ0) is 13.4. The maximum Gasteiger partial charge on any atom is 0.326 e. The summed E-state index contributed by atoms with van der Waals surface area (Å²) in [5.74, 6) is -0.872. The van der Waals surface area contributed by atoms with Gasteiger partial charge >= 0.3 is 5.97 Å². The van der Waals surface area contributed by atoms with Gasteiger partial charge in [-0.1, -0.05) is 0 Å². The molecule has 1 heterocycles. The van der Waals surface area contributed by atoms with Crippen LogP contribution in [0.25, 0.3) is 0 Å². The average molecular weight is 251 g/mol. The van der Waals surface area contributed by atoms with Crippen LogP contribution >= 0.6 is 0 Å². The van der Waals surface area contributed by atoms with Crippen molar-refractivity contribution in [3.05, 3.63) is 17.5 Å². The van der Waals surface area contributed by atoms with Gasteiger partial charge in [-0.2, -0.15) is 5.10 Å². The Morgan fingerprint density at radius 1 is 1.56 bits per heavy atom. The van der Waals surface area contributed by atoms with Crippen LogP contribution in [0.2, 0.25) is 0 Å². The molecule has 1 atom stereocenters. The van der Waals surface area contributed by atoms with Gasteiger partial charge in [0.2, 0.25) is 0 Å². The molecule has 0 aliphatic heterocycles. The number of rotatable bonds is 4. The third kappa shape index (κ3) is 2.23. The Bertz CT molecular complexity index is 491. The number of carboxylic acid groups (broad SMARTS) is 1. The topological polar surface area (TPSA) is 75.4 Å². The van der Waals surface area contributed by atoms with E-state index in [0.29, 0.717) is 11.6 Å². The Hall–Kier alpha value is -1.85. The number of amides is 1. The molecule has 1 aromatic heterocycles. The van der Waals surface area contributed by atoms with Gasteiger partial charge in [0.15, 0.2) is 5.69 Å². The number of carbonyl (C=O) groups excluding carboxylic acids is 1. The van der Waals surface area contributed by atoms with Gasteiger partial charge in [-0.15, -0.1) is 0 Å². The van der Waals surface area contributed by atoms with Gasteiger partial charge in [-0.3, -0.25) is 9.48 Å². The monoisotopic (exact) mass is 251 g/mol. The molecular weight excluding hydrogens is 234 g/mol. The van der Waals surface area contributed by atoms with Crippen LogP contribution < -0.4 is 0 Å². The van der Waals surface area contributed by atoms with E-state index in [4.69, 9.17) is 5.11 Å². The standard InChI is InChI=1S/C12H17N3O3/c1-7(12(17)18)14(2)11(16)9-6-10(8-4-5-8)15(3)13-9/h6-8H,4-5H2,1-3H3,(H,17,18). The van der Waals surface area contributed by atoms with Crippen molar-refractivity contribution in [2.75, 3.05) is 7.05 Å². The Kier molecular flexibility index (Phi) is 3.11. The second kappa shape index (κ2) is 4.44. The number of aliphatic carboxylic acids is 1. The fourth-order valence-corrected chi connectivity index (χ4v) is 1.87. The SMILES string of the molecule is CC(C(=O)O)N(C)C(=O)c1cc(C2CC2)n(C)n1. The number of likely N-dealkylation sites (N-methyl/N-ethyl adjacent to an activating group) is 1. The van der Waals surface area contributed by atoms with Crippen LogP contribution in [0.1, 0.15) is 41.9 Å². The molecule has 1 aliphatic rings. The molecule has 6 nitrogen and oxygen atoms in total. The highest BCUT2D eigenvalue weighted by Crippen LogP contribution is 2.40. The lowest BCUT2D eigenvalue weighted by atomic mass is 10.2. The van der Waals surface area contributed by atoms with Crippen molar-refractivity contribution in [3.63, 3.8) is 0 Å². The molecule has 0 bridgehead atoms. The lowest BCUT2D eigenvalue weighted by Gasteiger charge is -2.20. The van der Waals surface area contributed by atoms with E-state index in [9.17, 15) is 9.59 Å². The molecule has 1 saturated carbocycles. The molecule has 1 unspecified atom stereocenters. The van der Waals surface area contributed by atoms with Gasteiger partial charge in [0.05, 0.1) is 0 Å². The van der Waals surface area contributed by atoms with Crippen LogP contribution in [-0.4, -0.2) is 44.8 Å². The molecule has 18 heavy (non-hydrogen) atoms. The predicted molar refractivity (Wildman–Crippen MR) is 64.4 cm³/mol. The summed E-state index contributed by atoms with van der Waals surface area (Å²) >= 11 is 0. The van der Waals surface area contributed by atoms with E-state index in [1.165, 1.54) is 18.9 Å². The van der Waals surface area contributed by atoms with Crippen LogP contribution in [0.5, 0.6) is 0 Å². The minimum absolute atomic E-state index is 0.315. The molecule has 2 rings (SSSR count). The molecule has 0 saturated heterocycles. The highest BCUT2D eigenvalue weighted by molar-refractivity contribution is 5.94. The number of carbonyl (C=O) groups is 2. The Balaban J connectivity index is 2.18. The molecule has 1 N–H and O–H groups in total. The maximum atomic E-state index is 12.1. The minimum atomic E-state index is -1.02. The van der Waals surface area contributed by atoms with Crippen LogP contribution in [0, 0.1) is 0 Å². The van der Waals surface area contributed by atoms with Crippen LogP contribution in [0.4, 0.5) is 0 Å². The average Bonchev–Trinajstić information content (AvgIpc) is 3.09. The fourth-order valence-electron chi connectivity index (χ4n) is 1.87. The molecule has 1 aliphatic carbocycles. The summed E-state index contributed by atoms with van der Waals surface area (Å²) in [5.41, 5.74) is 1.37. The van der Waals surface area contributed by atoms with Crippen molar-refractivity contribution in [3.8, 4) is 0 Å². The molecule has 6 heteroatoms. The second-order valence-electron chi connectivity index (χ2n) is 4.78. The van der Waals surface area contributed by atoms with Gasteiger partial charge in [-0.05, 0) is 25.8 Å². The number of hydrogen-bond donors (Lipinski definition) is 1. The van der Waals surface area contributed by atoms with Gasteiger partial charge in [-0.25, -0.2) is 4.79 Å². The normalized spacial score (nSPS) is 16.4. The van der Waals surface area contributed by atoms with Crippen molar-refractivity contribution >= 4 is 11.9 Å². The predicted octanol–water partition coefficient (Wildman–Crippen LogP) is 0.843. The third-order valence-electron chi connectivity index (χ3n) is 3.39. The third-order valence-corrected chi connectivity index (χ3v) is 3.39. The zero-order valence-electron chi connectivity index (χ0n) is 10.8. The maximum absolute atomic E-state index is 12.1. The van der Waals surface area contributed by atoms with Gasteiger partial charge in [0, 0.05) is 25.7 Å². The van der Waals surface area contributed by atoms with Crippen molar-refractivity contribution < 1.29 is 14.7 Å². The first-order valence-corrected chi connectivity index (χ1v) is 5.95. The highest BCUT2D eigenvalue weighted by Gasteiger charge is 2.30. The van der Waals surface area contributed by atoms with Gasteiger partial charge < -0.3 is 10.0 Å². The van der Waals surface area contributed by atoms with E-state index in [0.717, 1.165) is 18.5 Å². The van der Waals surface area contributed by atoms with Gasteiger partial charge in [0.1, 0.15) is 6.04 Å². The first-order chi connectivity index (χ1) is 8.41. The number of aryl methyl sites for hydroxylation is 1. The largest absolute Gasteiger partial charge is 0.480 e. The number of carboxylic acids is 1. The number of hydrogen-bond acceptors (Lipinski definition) is 3. The fraction of sp³-hybridized carbons (Fsp3) is 0.583. The number of nitrogens with zero attached hydrogens (tertiary/aromatic N) is 3. The lowest BCUT2D eigenvalue weighted by Crippen LogP contribution is -2.40. The molecule has 0 aromatic carbocycles. The summed E-state index contributed by atoms with van der Waals surface area (Å²) in [6.07, 6.45) is 2.27. The minimum Gasteiger partial charge on any atom is -0.480 e. The second-order valence-corrected chi connectivity index (χ2v) is 4.78. The van der Waals surface area contributed by atoms with Crippen molar-refractivity contribution in [1.29, 1.82) is 0 Å². The first-order valence-electron chi connectivity index (χ1n) is 5.95. The van der Waals surface area contributed by atoms with Crippen LogP contribution in [0.15, 0.2) is 6.07 Å². The summed E-state index contributed by atoms with van der Waals surface area (Å²) in [6.45, 7) is 1.48. The van der Waals surface area contributed by atoms with E-state index in [1.807, 2.05) is 7.05 Å². The quantitative estimate of drug-likeness (QED) is 0.860. The molecule has 1 fully saturated rings. The van der Waals surface area contributed by atoms with Crippen LogP contribution in [-0.2, 0) is 11.8 Å². The molecule has 0 spiro atoms. The Labute approximate surface area is 105 Å².